The van der Waals surface area contributed by atoms with Crippen LogP contribution in [0.2, 0.25) is 0 Å². The Kier molecular flexibility index (Phi) is 4.47. The first-order valence-electron chi connectivity index (χ1n) is 9.00. The van der Waals surface area contributed by atoms with E-state index < -0.39 is 0 Å². The summed E-state index contributed by atoms with van der Waals surface area (Å²) in [5, 5.41) is 0. The van der Waals surface area contributed by atoms with Gasteiger partial charge in [-0.1, -0.05) is 36.4 Å². The minimum Gasteiger partial charge on any atom is -0.378 e. The Labute approximate surface area is 159 Å². The van der Waals surface area contributed by atoms with Gasteiger partial charge in [0.15, 0.2) is 12.4 Å². The number of fused-ring (bicyclic) bond motifs is 1. The van der Waals surface area contributed by atoms with E-state index in [4.69, 9.17) is 4.98 Å². The average Bonchev–Trinajstić information content (AvgIpc) is 3.11. The van der Waals surface area contributed by atoms with Crippen molar-refractivity contribution in [3.8, 4) is 11.4 Å². The van der Waals surface area contributed by atoms with Gasteiger partial charge in [-0.05, 0) is 35.4 Å². The number of aryl methyl sites for hydroxylation is 1. The zero-order valence-corrected chi connectivity index (χ0v) is 15.8. The number of para-hydroxylation sites is 2. The van der Waals surface area contributed by atoms with Gasteiger partial charge in [0, 0.05) is 25.8 Å². The molecule has 0 atom stereocenters. The van der Waals surface area contributed by atoms with Crippen LogP contribution in [0, 0.1) is 0 Å². The Bertz CT molecular complexity index is 1070. The summed E-state index contributed by atoms with van der Waals surface area (Å²) in [6.45, 7) is 0. The molecule has 0 radical (unpaired) electrons. The average molecular weight is 355 g/mol. The first-order chi connectivity index (χ1) is 13.1. The van der Waals surface area contributed by atoms with Crippen LogP contribution < -0.4 is 9.47 Å². The maximum absolute atomic E-state index is 4.76. The van der Waals surface area contributed by atoms with E-state index in [0.29, 0.717) is 0 Å². The van der Waals surface area contributed by atoms with E-state index >= 15 is 0 Å². The molecule has 134 valence electrons. The lowest BCUT2D eigenvalue weighted by atomic mass is 10.1. The Morgan fingerprint density at radius 2 is 1.74 bits per heavy atom. The smallest absolute Gasteiger partial charge is 0.180 e. The number of anilines is 1. The number of hydrogen-bond acceptors (Lipinski definition) is 2. The van der Waals surface area contributed by atoms with Crippen LogP contribution in [-0.2, 0) is 7.05 Å². The molecule has 2 heterocycles. The molecule has 0 fully saturated rings. The van der Waals surface area contributed by atoms with Gasteiger partial charge in [0.1, 0.15) is 12.9 Å². The molecule has 4 aromatic rings. The number of nitrogens with zero attached hydrogens (tertiary/aromatic N) is 3. The number of benzene rings is 2. The number of nitrogens with one attached hydrogen (secondary N) is 1. The van der Waals surface area contributed by atoms with Gasteiger partial charge in [-0.15, -0.1) is 0 Å². The third-order valence-electron chi connectivity index (χ3n) is 4.64. The molecule has 0 aliphatic carbocycles. The maximum Gasteiger partial charge on any atom is 0.180 e. The van der Waals surface area contributed by atoms with E-state index in [-0.39, 0.29) is 0 Å². The highest BCUT2D eigenvalue weighted by Gasteiger charge is 2.12. The molecular weight excluding hydrogens is 332 g/mol. The van der Waals surface area contributed by atoms with Crippen molar-refractivity contribution in [2.24, 2.45) is 7.05 Å². The fraction of sp³-hybridized carbons (Fsp3) is 0.130. The number of rotatable bonds is 4. The summed E-state index contributed by atoms with van der Waals surface area (Å²) < 4.78 is 2.05. The lowest BCUT2D eigenvalue weighted by Gasteiger charge is -2.11. The number of pyridine rings is 1. The van der Waals surface area contributed by atoms with Gasteiger partial charge in [0.25, 0.3) is 0 Å². The van der Waals surface area contributed by atoms with Gasteiger partial charge in [-0.3, -0.25) is 0 Å². The predicted octanol–water partition coefficient (Wildman–Crippen LogP) is 4.29. The molecule has 2 aromatic carbocycles. The monoisotopic (exact) mass is 355 g/mol. The fourth-order valence-electron chi connectivity index (χ4n) is 3.10. The van der Waals surface area contributed by atoms with Crippen LogP contribution in [-0.4, -0.2) is 24.1 Å². The number of aromatic amines is 1. The molecule has 4 rings (SSSR count). The zero-order valence-electron chi connectivity index (χ0n) is 15.8. The van der Waals surface area contributed by atoms with Crippen molar-refractivity contribution in [3.63, 3.8) is 0 Å². The Morgan fingerprint density at radius 3 is 2.48 bits per heavy atom. The normalized spacial score (nSPS) is 11.4. The van der Waals surface area contributed by atoms with E-state index in [1.54, 1.807) is 0 Å². The number of H-pyrrole nitrogens is 1. The van der Waals surface area contributed by atoms with Crippen LogP contribution >= 0.6 is 0 Å². The summed E-state index contributed by atoms with van der Waals surface area (Å²) in [6.07, 6.45) is 8.45. The van der Waals surface area contributed by atoms with Crippen molar-refractivity contribution in [2.45, 2.75) is 0 Å². The van der Waals surface area contributed by atoms with Crippen LogP contribution in [0.1, 0.15) is 11.1 Å². The number of aromatic nitrogens is 3. The van der Waals surface area contributed by atoms with E-state index in [9.17, 15) is 0 Å². The fourth-order valence-corrected chi connectivity index (χ4v) is 3.10. The topological polar surface area (TPSA) is 35.8 Å². The number of imidazole rings is 1. The lowest BCUT2D eigenvalue weighted by Crippen LogP contribution is -2.26. The molecule has 1 N–H and O–H groups in total. The summed E-state index contributed by atoms with van der Waals surface area (Å²) in [4.78, 5) is 10.3. The van der Waals surface area contributed by atoms with E-state index in [1.165, 1.54) is 11.3 Å². The second-order valence-electron chi connectivity index (χ2n) is 6.90. The predicted molar refractivity (Wildman–Crippen MR) is 112 cm³/mol. The molecule has 4 nitrogen and oxygen atoms in total. The van der Waals surface area contributed by atoms with E-state index in [2.05, 4.69) is 84.9 Å². The molecular formula is C23H23N4+. The van der Waals surface area contributed by atoms with Crippen molar-refractivity contribution in [1.29, 1.82) is 0 Å². The minimum absolute atomic E-state index is 0.884. The highest BCUT2D eigenvalue weighted by Crippen LogP contribution is 2.24. The summed E-state index contributed by atoms with van der Waals surface area (Å²) in [6, 6.07) is 18.8. The lowest BCUT2D eigenvalue weighted by molar-refractivity contribution is -0.671. The van der Waals surface area contributed by atoms with Crippen molar-refractivity contribution in [2.75, 3.05) is 19.0 Å². The van der Waals surface area contributed by atoms with Crippen LogP contribution in [0.5, 0.6) is 0 Å². The summed E-state index contributed by atoms with van der Waals surface area (Å²) in [7, 11) is 6.13. The van der Waals surface area contributed by atoms with Gasteiger partial charge >= 0.3 is 0 Å². The second kappa shape index (κ2) is 7.08. The van der Waals surface area contributed by atoms with Crippen LogP contribution in [0.15, 0.2) is 67.0 Å². The van der Waals surface area contributed by atoms with Gasteiger partial charge in [0.2, 0.25) is 0 Å². The molecule has 2 aromatic heterocycles. The van der Waals surface area contributed by atoms with Crippen molar-refractivity contribution in [1.82, 2.24) is 9.97 Å². The van der Waals surface area contributed by atoms with E-state index in [0.717, 1.165) is 28.0 Å². The molecule has 0 saturated carbocycles. The molecule has 27 heavy (non-hydrogen) atoms. The summed E-state index contributed by atoms with van der Waals surface area (Å²) in [5.41, 5.74) is 6.61. The second-order valence-corrected chi connectivity index (χ2v) is 6.90. The Hall–Kier alpha value is -3.40. The molecule has 0 amide bonds. The standard InChI is InChI=1S/C23H23N4/c1-26(2)19-12-9-17(10-13-19)8-11-18-14-15-27(3)16-20(18)23-24-21-6-4-5-7-22(21)25-23/h4-16H,1-3H3,(H,24,25)/q+1. The molecule has 0 unspecified atom stereocenters. The molecule has 0 saturated heterocycles. The molecule has 4 heteroatoms. The first-order valence-corrected chi connectivity index (χ1v) is 9.00. The van der Waals surface area contributed by atoms with Crippen molar-refractivity contribution < 1.29 is 4.57 Å². The molecule has 0 spiro atoms. The largest absolute Gasteiger partial charge is 0.378 e. The third kappa shape index (κ3) is 3.60. The van der Waals surface area contributed by atoms with Gasteiger partial charge in [-0.2, -0.15) is 0 Å². The van der Waals surface area contributed by atoms with Crippen LogP contribution in [0.3, 0.4) is 0 Å². The first kappa shape index (κ1) is 17.0. The van der Waals surface area contributed by atoms with Gasteiger partial charge in [-0.25, -0.2) is 9.55 Å². The Morgan fingerprint density at radius 1 is 0.963 bits per heavy atom. The minimum atomic E-state index is 0.884. The molecule has 0 bridgehead atoms. The van der Waals surface area contributed by atoms with Crippen LogP contribution in [0.4, 0.5) is 5.69 Å². The number of hydrogen-bond donors (Lipinski definition) is 1. The van der Waals surface area contributed by atoms with E-state index in [1.807, 2.05) is 29.8 Å². The summed E-state index contributed by atoms with van der Waals surface area (Å²) in [5.74, 6) is 0.884. The van der Waals surface area contributed by atoms with Crippen LogP contribution in [0.25, 0.3) is 34.6 Å². The quantitative estimate of drug-likeness (QED) is 0.554. The third-order valence-corrected chi connectivity index (χ3v) is 4.64. The van der Waals surface area contributed by atoms with Crippen molar-refractivity contribution >= 4 is 28.9 Å². The molecule has 0 aliphatic rings. The SMILES string of the molecule is CN(C)c1ccc(/C=C\c2cc[n+](C)cc2-c2nc3ccccc3[nH]2)cc1. The zero-order chi connectivity index (χ0) is 18.8. The summed E-state index contributed by atoms with van der Waals surface area (Å²) >= 11 is 0. The highest BCUT2D eigenvalue weighted by atomic mass is 15.1. The molecule has 0 aliphatic heterocycles. The Balaban J connectivity index is 1.71. The maximum atomic E-state index is 4.76. The van der Waals surface area contributed by atoms with Crippen molar-refractivity contribution in [3.05, 3.63) is 78.1 Å². The highest BCUT2D eigenvalue weighted by molar-refractivity contribution is 5.83. The van der Waals surface area contributed by atoms with Gasteiger partial charge in [0.05, 0.1) is 16.6 Å². The van der Waals surface area contributed by atoms with Gasteiger partial charge < -0.3 is 9.88 Å².